The number of rotatable bonds is 5. The summed E-state index contributed by atoms with van der Waals surface area (Å²) in [5.41, 5.74) is 7.69. The van der Waals surface area contributed by atoms with E-state index < -0.39 is 0 Å². The summed E-state index contributed by atoms with van der Waals surface area (Å²) in [5, 5.41) is 0.645. The average Bonchev–Trinajstić information content (AvgIpc) is 2.27. The number of benzene rings is 1. The molecule has 0 heterocycles. The van der Waals surface area contributed by atoms with Crippen molar-refractivity contribution in [1.82, 2.24) is 0 Å². The molecule has 0 aliphatic heterocycles. The summed E-state index contributed by atoms with van der Waals surface area (Å²) in [6.07, 6.45) is 4.03. The third-order valence-electron chi connectivity index (χ3n) is 3.66. The molecule has 2 nitrogen and oxygen atoms in total. The molecule has 1 saturated carbocycles. The molecule has 0 aromatic heterocycles. The number of hydrogen-bond acceptors (Lipinski definition) is 2. The Kier molecular flexibility index (Phi) is 4.46. The summed E-state index contributed by atoms with van der Waals surface area (Å²) in [7, 11) is 0. The Morgan fingerprint density at radius 1 is 1.50 bits per heavy atom. The normalized spacial score (nSPS) is 15.2. The van der Waals surface area contributed by atoms with Gasteiger partial charge in [0.15, 0.2) is 0 Å². The highest BCUT2D eigenvalue weighted by Crippen LogP contribution is 2.32. The lowest BCUT2D eigenvalue weighted by atomic mass is 9.85. The number of thiocarbonyl (C=S) groups is 1. The van der Waals surface area contributed by atoms with E-state index in [2.05, 4.69) is 17.9 Å². The van der Waals surface area contributed by atoms with Crippen molar-refractivity contribution in [2.45, 2.75) is 26.2 Å². The summed E-state index contributed by atoms with van der Waals surface area (Å²) < 4.78 is 0. The van der Waals surface area contributed by atoms with Crippen LogP contribution in [0.5, 0.6) is 0 Å². The van der Waals surface area contributed by atoms with E-state index in [9.17, 15) is 0 Å². The largest absolute Gasteiger partial charge is 0.389 e. The molecule has 4 heteroatoms. The SMILES string of the molecule is CCN(CC1CCC1)c1cccc(Cl)c1C(N)=S. The molecule has 18 heavy (non-hydrogen) atoms. The van der Waals surface area contributed by atoms with Gasteiger partial charge >= 0.3 is 0 Å². The van der Waals surface area contributed by atoms with Gasteiger partial charge in [-0.25, -0.2) is 0 Å². The molecule has 0 unspecified atom stereocenters. The van der Waals surface area contributed by atoms with Gasteiger partial charge in [-0.05, 0) is 37.8 Å². The number of halogens is 1. The van der Waals surface area contributed by atoms with Crippen LogP contribution in [0.4, 0.5) is 5.69 Å². The van der Waals surface area contributed by atoms with Crippen LogP contribution in [0.1, 0.15) is 31.7 Å². The molecule has 1 aliphatic rings. The number of nitrogens with two attached hydrogens (primary N) is 1. The predicted octanol–water partition coefficient (Wildman–Crippen LogP) is 3.60. The maximum absolute atomic E-state index is 6.22. The Balaban J connectivity index is 2.28. The van der Waals surface area contributed by atoms with Gasteiger partial charge in [-0.15, -0.1) is 0 Å². The van der Waals surface area contributed by atoms with Gasteiger partial charge in [-0.3, -0.25) is 0 Å². The zero-order chi connectivity index (χ0) is 13.1. The molecule has 2 rings (SSSR count). The van der Waals surface area contributed by atoms with Crippen LogP contribution in [0.25, 0.3) is 0 Å². The first-order chi connectivity index (χ1) is 8.63. The van der Waals surface area contributed by atoms with Gasteiger partial charge in [0.2, 0.25) is 0 Å². The molecule has 0 radical (unpaired) electrons. The van der Waals surface area contributed by atoms with Crippen molar-refractivity contribution < 1.29 is 0 Å². The van der Waals surface area contributed by atoms with Crippen LogP contribution >= 0.6 is 23.8 Å². The lowest BCUT2D eigenvalue weighted by Gasteiger charge is -2.34. The van der Waals surface area contributed by atoms with E-state index in [0.717, 1.165) is 30.3 Å². The molecular formula is C14H19ClN2S. The zero-order valence-corrected chi connectivity index (χ0v) is 12.2. The third-order valence-corrected chi connectivity index (χ3v) is 4.18. The number of anilines is 1. The first kappa shape index (κ1) is 13.6. The Morgan fingerprint density at radius 3 is 2.72 bits per heavy atom. The average molecular weight is 283 g/mol. The fourth-order valence-electron chi connectivity index (χ4n) is 2.41. The van der Waals surface area contributed by atoms with E-state index in [4.69, 9.17) is 29.6 Å². The van der Waals surface area contributed by atoms with Crippen molar-refractivity contribution in [3.63, 3.8) is 0 Å². The summed E-state index contributed by atoms with van der Waals surface area (Å²) in [5.74, 6) is 0.808. The van der Waals surface area contributed by atoms with Crippen molar-refractivity contribution in [2.75, 3.05) is 18.0 Å². The van der Waals surface area contributed by atoms with Crippen LogP contribution in [0.15, 0.2) is 18.2 Å². The maximum atomic E-state index is 6.22. The second-order valence-corrected chi connectivity index (χ2v) is 5.68. The quantitative estimate of drug-likeness (QED) is 0.837. The van der Waals surface area contributed by atoms with Crippen LogP contribution in [-0.4, -0.2) is 18.1 Å². The molecule has 0 atom stereocenters. The van der Waals surface area contributed by atoms with Gasteiger partial charge < -0.3 is 10.6 Å². The zero-order valence-electron chi connectivity index (χ0n) is 10.7. The van der Waals surface area contributed by atoms with Crippen LogP contribution < -0.4 is 10.6 Å². The molecule has 1 aromatic rings. The molecule has 1 aromatic carbocycles. The molecule has 2 N–H and O–H groups in total. The summed E-state index contributed by atoms with van der Waals surface area (Å²) in [4.78, 5) is 2.71. The lowest BCUT2D eigenvalue weighted by Crippen LogP contribution is -2.33. The van der Waals surface area contributed by atoms with Crippen LogP contribution in [0.3, 0.4) is 0 Å². The fraction of sp³-hybridized carbons (Fsp3) is 0.500. The van der Waals surface area contributed by atoms with Crippen molar-refractivity contribution in [1.29, 1.82) is 0 Å². The van der Waals surface area contributed by atoms with Gasteiger partial charge in [-0.1, -0.05) is 36.3 Å². The molecule has 0 amide bonds. The fourth-order valence-corrected chi connectivity index (χ4v) is 2.95. The van der Waals surface area contributed by atoms with Crippen molar-refractivity contribution >= 4 is 34.5 Å². The van der Waals surface area contributed by atoms with Crippen LogP contribution in [0, 0.1) is 5.92 Å². The Bertz CT molecular complexity index is 443. The highest BCUT2D eigenvalue weighted by Gasteiger charge is 2.22. The highest BCUT2D eigenvalue weighted by molar-refractivity contribution is 7.80. The number of hydrogen-bond donors (Lipinski definition) is 1. The first-order valence-corrected chi connectivity index (χ1v) is 7.25. The highest BCUT2D eigenvalue weighted by atomic mass is 35.5. The van der Waals surface area contributed by atoms with Gasteiger partial charge in [0.25, 0.3) is 0 Å². The van der Waals surface area contributed by atoms with Gasteiger partial charge in [0.05, 0.1) is 10.6 Å². The first-order valence-electron chi connectivity index (χ1n) is 6.46. The summed E-state index contributed by atoms with van der Waals surface area (Å²) >= 11 is 11.3. The molecular weight excluding hydrogens is 264 g/mol. The Labute approximate surface area is 119 Å². The van der Waals surface area contributed by atoms with Crippen LogP contribution in [-0.2, 0) is 0 Å². The van der Waals surface area contributed by atoms with Gasteiger partial charge in [-0.2, -0.15) is 0 Å². The summed E-state index contributed by atoms with van der Waals surface area (Å²) in [6, 6.07) is 5.86. The monoisotopic (exact) mass is 282 g/mol. The van der Waals surface area contributed by atoms with E-state index in [-0.39, 0.29) is 0 Å². The Morgan fingerprint density at radius 2 is 2.22 bits per heavy atom. The van der Waals surface area contributed by atoms with E-state index in [1.165, 1.54) is 19.3 Å². The van der Waals surface area contributed by atoms with E-state index in [0.29, 0.717) is 10.0 Å². The smallest absolute Gasteiger partial charge is 0.107 e. The van der Waals surface area contributed by atoms with Gasteiger partial charge in [0, 0.05) is 18.8 Å². The second-order valence-electron chi connectivity index (χ2n) is 4.83. The summed E-state index contributed by atoms with van der Waals surface area (Å²) in [6.45, 7) is 4.18. The minimum atomic E-state index is 0.377. The minimum Gasteiger partial charge on any atom is -0.389 e. The molecule has 98 valence electrons. The molecule has 0 saturated heterocycles. The molecule has 0 bridgehead atoms. The van der Waals surface area contributed by atoms with Crippen molar-refractivity contribution in [3.05, 3.63) is 28.8 Å². The topological polar surface area (TPSA) is 29.3 Å². The van der Waals surface area contributed by atoms with Crippen LogP contribution in [0.2, 0.25) is 5.02 Å². The Hall–Kier alpha value is -0.800. The van der Waals surface area contributed by atoms with Crippen molar-refractivity contribution in [2.24, 2.45) is 11.7 Å². The molecule has 1 fully saturated rings. The lowest BCUT2D eigenvalue weighted by molar-refractivity contribution is 0.318. The van der Waals surface area contributed by atoms with E-state index in [1.54, 1.807) is 0 Å². The van der Waals surface area contributed by atoms with Crippen molar-refractivity contribution in [3.8, 4) is 0 Å². The maximum Gasteiger partial charge on any atom is 0.107 e. The molecule has 0 spiro atoms. The minimum absolute atomic E-state index is 0.377. The standard InChI is InChI=1S/C14H19ClN2S/c1-2-17(9-10-5-3-6-10)12-8-4-7-11(15)13(12)14(16)18/h4,7-8,10H,2-3,5-6,9H2,1H3,(H2,16,18). The molecule has 1 aliphatic carbocycles. The van der Waals surface area contributed by atoms with Gasteiger partial charge in [0.1, 0.15) is 4.99 Å². The number of nitrogens with zero attached hydrogens (tertiary/aromatic N) is 1. The van der Waals surface area contributed by atoms with E-state index in [1.807, 2.05) is 12.1 Å². The third kappa shape index (κ3) is 2.78. The second kappa shape index (κ2) is 5.89. The van der Waals surface area contributed by atoms with E-state index >= 15 is 0 Å². The predicted molar refractivity (Wildman–Crippen MR) is 82.6 cm³/mol.